The van der Waals surface area contributed by atoms with Gasteiger partial charge in [0.05, 0.1) is 10.4 Å². The fourth-order valence-corrected chi connectivity index (χ4v) is 6.33. The van der Waals surface area contributed by atoms with Crippen molar-refractivity contribution in [3.8, 4) is 11.1 Å². The first kappa shape index (κ1) is 16.5. The minimum atomic E-state index is 0.171. The van der Waals surface area contributed by atoms with E-state index in [2.05, 4.69) is 24.3 Å². The molecule has 0 spiro atoms. The number of hydrogen-bond donors (Lipinski definition) is 0. The van der Waals surface area contributed by atoms with Gasteiger partial charge in [-0.25, -0.2) is 0 Å². The second kappa shape index (κ2) is 6.51. The van der Waals surface area contributed by atoms with Crippen molar-refractivity contribution in [1.29, 1.82) is 0 Å². The maximum absolute atomic E-state index is 13.2. The number of aryl methyl sites for hydroxylation is 2. The smallest absolute Gasteiger partial charge is 0.193 e. The normalized spacial score (nSPS) is 16.3. The molecule has 1 heterocycles. The standard InChI is InChI=1S/C23H21ClOS/c24-19-13-12-17(16-10-5-7-14-6-1-2-8-15(14)16)23-21(19)22(25)18-9-3-4-11-20(18)26-23/h5,7,10,12-13H,1-4,6,8-9,11H2. The summed E-state index contributed by atoms with van der Waals surface area (Å²) in [6.07, 6.45) is 9.07. The summed E-state index contributed by atoms with van der Waals surface area (Å²) in [6, 6.07) is 10.7. The molecular weight excluding hydrogens is 360 g/mol. The molecule has 0 saturated heterocycles. The van der Waals surface area contributed by atoms with Gasteiger partial charge in [0.1, 0.15) is 0 Å². The van der Waals surface area contributed by atoms with Gasteiger partial charge in [0.2, 0.25) is 0 Å². The largest absolute Gasteiger partial charge is 0.289 e. The van der Waals surface area contributed by atoms with E-state index < -0.39 is 0 Å². The van der Waals surface area contributed by atoms with Crippen LogP contribution in [0.2, 0.25) is 5.02 Å². The van der Waals surface area contributed by atoms with Gasteiger partial charge in [0.25, 0.3) is 0 Å². The fourth-order valence-electron chi connectivity index (χ4n) is 4.63. The molecule has 2 aliphatic carbocycles. The van der Waals surface area contributed by atoms with Crippen molar-refractivity contribution in [2.45, 2.75) is 51.4 Å². The van der Waals surface area contributed by atoms with Crippen LogP contribution < -0.4 is 5.43 Å². The van der Waals surface area contributed by atoms with Crippen molar-refractivity contribution in [2.24, 2.45) is 0 Å². The monoisotopic (exact) mass is 380 g/mol. The molecule has 0 amide bonds. The summed E-state index contributed by atoms with van der Waals surface area (Å²) in [5, 5.41) is 1.34. The zero-order valence-corrected chi connectivity index (χ0v) is 16.3. The minimum Gasteiger partial charge on any atom is -0.289 e. The van der Waals surface area contributed by atoms with Crippen LogP contribution in [0.5, 0.6) is 0 Å². The van der Waals surface area contributed by atoms with Gasteiger partial charge in [0.15, 0.2) is 5.43 Å². The third-order valence-corrected chi connectivity index (χ3v) is 7.58. The Morgan fingerprint density at radius 3 is 2.46 bits per heavy atom. The van der Waals surface area contributed by atoms with Crippen molar-refractivity contribution >= 4 is 33.0 Å². The number of fused-ring (bicyclic) bond motifs is 3. The summed E-state index contributed by atoms with van der Waals surface area (Å²) in [5.74, 6) is 0. The average molecular weight is 381 g/mol. The quantitative estimate of drug-likeness (QED) is 0.481. The second-order valence-corrected chi connectivity index (χ2v) is 9.00. The van der Waals surface area contributed by atoms with Crippen LogP contribution in [-0.4, -0.2) is 0 Å². The number of benzene rings is 2. The van der Waals surface area contributed by atoms with Crippen LogP contribution in [0.15, 0.2) is 35.1 Å². The first-order chi connectivity index (χ1) is 12.7. The zero-order chi connectivity index (χ0) is 17.7. The molecule has 0 bridgehead atoms. The Balaban J connectivity index is 1.84. The van der Waals surface area contributed by atoms with Gasteiger partial charge < -0.3 is 0 Å². The molecule has 26 heavy (non-hydrogen) atoms. The lowest BCUT2D eigenvalue weighted by Gasteiger charge is -2.21. The van der Waals surface area contributed by atoms with Gasteiger partial charge in [0, 0.05) is 20.7 Å². The Morgan fingerprint density at radius 2 is 1.58 bits per heavy atom. The van der Waals surface area contributed by atoms with E-state index in [0.29, 0.717) is 5.02 Å². The van der Waals surface area contributed by atoms with Crippen molar-refractivity contribution in [1.82, 2.24) is 0 Å². The summed E-state index contributed by atoms with van der Waals surface area (Å²) in [4.78, 5) is 14.5. The number of hydrogen-bond acceptors (Lipinski definition) is 2. The van der Waals surface area contributed by atoms with Crippen LogP contribution in [0, 0.1) is 0 Å². The number of rotatable bonds is 1. The third-order valence-electron chi connectivity index (χ3n) is 5.94. The Bertz CT molecular complexity index is 1080. The van der Waals surface area contributed by atoms with Crippen LogP contribution in [0.4, 0.5) is 0 Å². The van der Waals surface area contributed by atoms with E-state index in [1.54, 1.807) is 11.3 Å². The first-order valence-corrected chi connectivity index (χ1v) is 10.8. The summed E-state index contributed by atoms with van der Waals surface area (Å²) in [6.45, 7) is 0. The Hall–Kier alpha value is -1.64. The van der Waals surface area contributed by atoms with Gasteiger partial charge in [-0.2, -0.15) is 0 Å². The molecule has 5 rings (SSSR count). The average Bonchev–Trinajstić information content (AvgIpc) is 2.68. The molecule has 1 aromatic heterocycles. The molecule has 0 radical (unpaired) electrons. The SMILES string of the molecule is O=c1c2c(sc3c(-c4cccc5c4CCCC5)ccc(Cl)c13)CCCC2. The predicted octanol–water partition coefficient (Wildman–Crippen LogP) is 6.34. The summed E-state index contributed by atoms with van der Waals surface area (Å²) in [7, 11) is 0. The minimum absolute atomic E-state index is 0.171. The molecule has 2 aliphatic rings. The van der Waals surface area contributed by atoms with Crippen molar-refractivity contribution in [2.75, 3.05) is 0 Å². The maximum atomic E-state index is 13.2. The van der Waals surface area contributed by atoms with Crippen LogP contribution >= 0.6 is 22.9 Å². The Labute approximate surface area is 162 Å². The van der Waals surface area contributed by atoms with Crippen LogP contribution in [0.3, 0.4) is 0 Å². The molecular formula is C23H21ClOS. The van der Waals surface area contributed by atoms with Crippen molar-refractivity contribution in [3.05, 3.63) is 67.1 Å². The van der Waals surface area contributed by atoms with Crippen LogP contribution in [0.1, 0.15) is 47.3 Å². The molecule has 0 saturated carbocycles. The predicted molar refractivity (Wildman–Crippen MR) is 112 cm³/mol. The molecule has 0 aliphatic heterocycles. The van der Waals surface area contributed by atoms with Crippen molar-refractivity contribution in [3.63, 3.8) is 0 Å². The van der Waals surface area contributed by atoms with E-state index in [9.17, 15) is 4.79 Å². The molecule has 0 fully saturated rings. The van der Waals surface area contributed by atoms with Crippen molar-refractivity contribution < 1.29 is 0 Å². The highest BCUT2D eigenvalue weighted by molar-refractivity contribution is 7.19. The lowest BCUT2D eigenvalue weighted by Crippen LogP contribution is -2.15. The van der Waals surface area contributed by atoms with E-state index in [1.807, 2.05) is 6.07 Å². The topological polar surface area (TPSA) is 17.1 Å². The lowest BCUT2D eigenvalue weighted by molar-refractivity contribution is 0.687. The maximum Gasteiger partial charge on any atom is 0.193 e. The third kappa shape index (κ3) is 2.54. The van der Waals surface area contributed by atoms with E-state index in [0.717, 1.165) is 41.3 Å². The van der Waals surface area contributed by atoms with E-state index in [1.165, 1.54) is 52.8 Å². The second-order valence-electron chi connectivity index (χ2n) is 7.49. The molecule has 0 atom stereocenters. The fraction of sp³-hybridized carbons (Fsp3) is 0.348. The molecule has 132 valence electrons. The van der Waals surface area contributed by atoms with Gasteiger partial charge in [-0.3, -0.25) is 4.79 Å². The summed E-state index contributed by atoms with van der Waals surface area (Å²) in [5.41, 5.74) is 6.63. The molecule has 3 heteroatoms. The molecule has 0 unspecified atom stereocenters. The highest BCUT2D eigenvalue weighted by Crippen LogP contribution is 2.40. The van der Waals surface area contributed by atoms with Gasteiger partial charge in [-0.05, 0) is 74.1 Å². The lowest BCUT2D eigenvalue weighted by atomic mass is 9.85. The Morgan fingerprint density at radius 1 is 0.808 bits per heavy atom. The van der Waals surface area contributed by atoms with E-state index in [4.69, 9.17) is 11.6 Å². The summed E-state index contributed by atoms with van der Waals surface area (Å²) >= 11 is 8.32. The number of halogens is 1. The highest BCUT2D eigenvalue weighted by atomic mass is 35.5. The molecule has 1 nitrogen and oxygen atoms in total. The molecule has 3 aromatic rings. The van der Waals surface area contributed by atoms with Crippen LogP contribution in [-0.2, 0) is 25.7 Å². The zero-order valence-electron chi connectivity index (χ0n) is 14.7. The summed E-state index contributed by atoms with van der Waals surface area (Å²) < 4.78 is 1.09. The highest BCUT2D eigenvalue weighted by Gasteiger charge is 2.21. The van der Waals surface area contributed by atoms with E-state index >= 15 is 0 Å². The first-order valence-electron chi connectivity index (χ1n) is 9.62. The van der Waals surface area contributed by atoms with Crippen LogP contribution in [0.25, 0.3) is 21.2 Å². The van der Waals surface area contributed by atoms with Gasteiger partial charge in [-0.15, -0.1) is 11.3 Å². The molecule has 2 aromatic carbocycles. The molecule has 0 N–H and O–H groups in total. The Kier molecular flexibility index (Phi) is 4.14. The van der Waals surface area contributed by atoms with Gasteiger partial charge in [-0.1, -0.05) is 35.9 Å². The van der Waals surface area contributed by atoms with E-state index in [-0.39, 0.29) is 5.43 Å². The van der Waals surface area contributed by atoms with Gasteiger partial charge >= 0.3 is 0 Å².